The van der Waals surface area contributed by atoms with Gasteiger partial charge in [-0.15, -0.1) is 0 Å². The van der Waals surface area contributed by atoms with E-state index < -0.39 is 11.9 Å². The Kier molecular flexibility index (Phi) is 4.11. The SMILES string of the molecule is CCc1ccc2occ(C(=O)N(CC(C)C(=O)O)C3CC3)c2c1. The standard InChI is InChI=1S/C18H21NO4/c1-3-12-4-7-16-14(8-12)15(10-23-16)17(20)19(13-5-6-13)9-11(2)18(21)22/h4,7-8,10-11,13H,3,5-6,9H2,1-2H3,(H,21,22). The number of carbonyl (C=O) groups is 2. The molecule has 2 aromatic rings. The average Bonchev–Trinajstić information content (AvgIpc) is 3.30. The number of furan rings is 1. The smallest absolute Gasteiger partial charge is 0.308 e. The maximum Gasteiger partial charge on any atom is 0.308 e. The number of hydrogen-bond acceptors (Lipinski definition) is 3. The fourth-order valence-electron chi connectivity index (χ4n) is 2.77. The highest BCUT2D eigenvalue weighted by Crippen LogP contribution is 2.31. The number of carboxylic acid groups (broad SMARTS) is 1. The summed E-state index contributed by atoms with van der Waals surface area (Å²) in [7, 11) is 0. The number of fused-ring (bicyclic) bond motifs is 1. The van der Waals surface area contributed by atoms with Crippen LogP contribution in [0.5, 0.6) is 0 Å². The number of amides is 1. The van der Waals surface area contributed by atoms with Gasteiger partial charge in [-0.2, -0.15) is 0 Å². The van der Waals surface area contributed by atoms with Gasteiger partial charge >= 0.3 is 5.97 Å². The van der Waals surface area contributed by atoms with Crippen LogP contribution < -0.4 is 0 Å². The second-order valence-corrected chi connectivity index (χ2v) is 6.26. The van der Waals surface area contributed by atoms with Crippen molar-refractivity contribution >= 4 is 22.8 Å². The van der Waals surface area contributed by atoms with Gasteiger partial charge in [0.1, 0.15) is 11.8 Å². The van der Waals surface area contributed by atoms with E-state index in [4.69, 9.17) is 9.52 Å². The fraction of sp³-hybridized carbons (Fsp3) is 0.444. The van der Waals surface area contributed by atoms with Crippen LogP contribution in [0.15, 0.2) is 28.9 Å². The van der Waals surface area contributed by atoms with Gasteiger partial charge in [0.05, 0.1) is 11.5 Å². The van der Waals surface area contributed by atoms with Crippen LogP contribution in [-0.4, -0.2) is 34.5 Å². The molecule has 3 rings (SSSR count). The van der Waals surface area contributed by atoms with Crippen molar-refractivity contribution < 1.29 is 19.1 Å². The Bertz CT molecular complexity index is 745. The van der Waals surface area contributed by atoms with E-state index in [1.165, 1.54) is 6.26 Å². The predicted molar refractivity (Wildman–Crippen MR) is 86.5 cm³/mol. The molecular weight excluding hydrogens is 294 g/mol. The normalized spacial score (nSPS) is 15.6. The van der Waals surface area contributed by atoms with E-state index in [1.807, 2.05) is 18.2 Å². The summed E-state index contributed by atoms with van der Waals surface area (Å²) in [5, 5.41) is 9.94. The first-order valence-electron chi connectivity index (χ1n) is 8.05. The van der Waals surface area contributed by atoms with Crippen LogP contribution in [0.4, 0.5) is 0 Å². The molecule has 1 atom stereocenters. The molecule has 5 nitrogen and oxygen atoms in total. The van der Waals surface area contributed by atoms with Gasteiger partial charge < -0.3 is 14.4 Å². The second-order valence-electron chi connectivity index (χ2n) is 6.26. The Morgan fingerprint density at radius 1 is 1.39 bits per heavy atom. The third-order valence-electron chi connectivity index (χ3n) is 4.42. The molecule has 1 N–H and O–H groups in total. The summed E-state index contributed by atoms with van der Waals surface area (Å²) in [5.41, 5.74) is 2.36. The molecule has 0 radical (unpaired) electrons. The molecule has 1 unspecified atom stereocenters. The number of rotatable bonds is 6. The van der Waals surface area contributed by atoms with Crippen LogP contribution in [0.3, 0.4) is 0 Å². The van der Waals surface area contributed by atoms with Gasteiger partial charge in [-0.05, 0) is 37.0 Å². The lowest BCUT2D eigenvalue weighted by Gasteiger charge is -2.24. The number of carboxylic acids is 1. The Labute approximate surface area is 134 Å². The van der Waals surface area contributed by atoms with E-state index in [2.05, 4.69) is 6.92 Å². The van der Waals surface area contributed by atoms with E-state index in [1.54, 1.807) is 11.8 Å². The second kappa shape index (κ2) is 6.07. The minimum atomic E-state index is -0.881. The lowest BCUT2D eigenvalue weighted by molar-refractivity contribution is -0.141. The first kappa shape index (κ1) is 15.6. The molecule has 1 amide bonds. The van der Waals surface area contributed by atoms with E-state index in [0.29, 0.717) is 11.1 Å². The van der Waals surface area contributed by atoms with Crippen molar-refractivity contribution in [3.63, 3.8) is 0 Å². The molecule has 1 heterocycles. The van der Waals surface area contributed by atoms with Gasteiger partial charge in [-0.25, -0.2) is 0 Å². The van der Waals surface area contributed by atoms with Gasteiger partial charge in [-0.1, -0.05) is 19.9 Å². The molecule has 1 aliphatic rings. The summed E-state index contributed by atoms with van der Waals surface area (Å²) >= 11 is 0. The molecule has 0 aliphatic heterocycles. The molecule has 1 fully saturated rings. The Balaban J connectivity index is 1.92. The highest BCUT2D eigenvalue weighted by atomic mass is 16.4. The van der Waals surface area contributed by atoms with E-state index in [9.17, 15) is 9.59 Å². The van der Waals surface area contributed by atoms with Crippen LogP contribution in [0, 0.1) is 5.92 Å². The summed E-state index contributed by atoms with van der Waals surface area (Å²) < 4.78 is 5.51. The molecular formula is C18H21NO4. The summed E-state index contributed by atoms with van der Waals surface area (Å²) in [6, 6.07) is 6.01. The van der Waals surface area contributed by atoms with Gasteiger partial charge in [0.25, 0.3) is 5.91 Å². The Hall–Kier alpha value is -2.30. The third-order valence-corrected chi connectivity index (χ3v) is 4.42. The zero-order valence-corrected chi connectivity index (χ0v) is 13.4. The third kappa shape index (κ3) is 3.09. The van der Waals surface area contributed by atoms with Crippen LogP contribution in [0.25, 0.3) is 11.0 Å². The van der Waals surface area contributed by atoms with Crippen LogP contribution in [-0.2, 0) is 11.2 Å². The lowest BCUT2D eigenvalue weighted by Crippen LogP contribution is -2.38. The molecule has 1 aromatic heterocycles. The van der Waals surface area contributed by atoms with E-state index in [-0.39, 0.29) is 18.5 Å². The largest absolute Gasteiger partial charge is 0.481 e. The highest BCUT2D eigenvalue weighted by molar-refractivity contribution is 6.06. The first-order chi connectivity index (χ1) is 11.0. The molecule has 122 valence electrons. The van der Waals surface area contributed by atoms with Crippen molar-refractivity contribution in [3.05, 3.63) is 35.6 Å². The molecule has 1 saturated carbocycles. The molecule has 5 heteroatoms. The quantitative estimate of drug-likeness (QED) is 0.887. The Morgan fingerprint density at radius 2 is 2.13 bits per heavy atom. The van der Waals surface area contributed by atoms with Crippen molar-refractivity contribution in [1.82, 2.24) is 4.90 Å². The number of aliphatic carboxylic acids is 1. The van der Waals surface area contributed by atoms with Gasteiger partial charge in [-0.3, -0.25) is 9.59 Å². The molecule has 0 saturated heterocycles. The van der Waals surface area contributed by atoms with Crippen molar-refractivity contribution in [2.24, 2.45) is 5.92 Å². The number of nitrogens with zero attached hydrogens (tertiary/aromatic N) is 1. The summed E-state index contributed by atoms with van der Waals surface area (Å²) in [6.07, 6.45) is 4.26. The maximum absolute atomic E-state index is 12.9. The molecule has 0 bridgehead atoms. The first-order valence-corrected chi connectivity index (χ1v) is 8.05. The van der Waals surface area contributed by atoms with Gasteiger partial charge in [0.2, 0.25) is 0 Å². The monoisotopic (exact) mass is 315 g/mol. The fourth-order valence-corrected chi connectivity index (χ4v) is 2.77. The number of carbonyl (C=O) groups excluding carboxylic acids is 1. The van der Waals surface area contributed by atoms with Gasteiger partial charge in [0, 0.05) is 18.0 Å². The van der Waals surface area contributed by atoms with Crippen molar-refractivity contribution in [1.29, 1.82) is 0 Å². The number of aryl methyl sites for hydroxylation is 1. The molecule has 1 aliphatic carbocycles. The number of benzene rings is 1. The molecule has 0 spiro atoms. The Morgan fingerprint density at radius 3 is 2.74 bits per heavy atom. The zero-order chi connectivity index (χ0) is 16.6. The summed E-state index contributed by atoms with van der Waals surface area (Å²) in [4.78, 5) is 25.8. The highest BCUT2D eigenvalue weighted by Gasteiger charge is 2.36. The van der Waals surface area contributed by atoms with Crippen molar-refractivity contribution in [2.45, 2.75) is 39.2 Å². The van der Waals surface area contributed by atoms with Crippen molar-refractivity contribution in [2.75, 3.05) is 6.54 Å². The van der Waals surface area contributed by atoms with Crippen molar-refractivity contribution in [3.8, 4) is 0 Å². The van der Waals surface area contributed by atoms with Gasteiger partial charge in [0.15, 0.2) is 0 Å². The summed E-state index contributed by atoms with van der Waals surface area (Å²) in [5.74, 6) is -1.59. The van der Waals surface area contributed by atoms with E-state index >= 15 is 0 Å². The topological polar surface area (TPSA) is 70.8 Å². The summed E-state index contributed by atoms with van der Waals surface area (Å²) in [6.45, 7) is 3.93. The van der Waals surface area contributed by atoms with Crippen LogP contribution in [0.1, 0.15) is 42.6 Å². The maximum atomic E-state index is 12.9. The minimum Gasteiger partial charge on any atom is -0.481 e. The lowest BCUT2D eigenvalue weighted by atomic mass is 10.1. The van der Waals surface area contributed by atoms with E-state index in [0.717, 1.165) is 30.2 Å². The predicted octanol–water partition coefficient (Wildman–Crippen LogP) is 3.32. The zero-order valence-electron chi connectivity index (χ0n) is 13.4. The average molecular weight is 315 g/mol. The molecule has 23 heavy (non-hydrogen) atoms. The number of hydrogen-bond donors (Lipinski definition) is 1. The van der Waals surface area contributed by atoms with Crippen LogP contribution in [0.2, 0.25) is 0 Å². The van der Waals surface area contributed by atoms with Crippen LogP contribution >= 0.6 is 0 Å². The molecule has 1 aromatic carbocycles. The minimum absolute atomic E-state index is 0.132.